The van der Waals surface area contributed by atoms with Crippen LogP contribution in [0.1, 0.15) is 70.9 Å². The SMILES string of the molecule is CCCNc1nc(Nc2ccc(C#N)cc2)ncc1C#CCCCNC(=O)CC[C@H](O)CNC(=O)OC(C)(C)C. The van der Waals surface area contributed by atoms with Crippen molar-refractivity contribution >= 4 is 29.5 Å². The second-order valence-corrected chi connectivity index (χ2v) is 10.0. The standard InChI is InChI=1S/C29H39N7O4/c1-5-16-32-26-22(19-33-27(36-26)35-23-12-10-21(18-30)11-13-23)9-7-6-8-17-31-25(38)15-14-24(37)20-34-28(39)40-29(2,3)4/h10-13,19,24,37H,5-6,8,14-17,20H2,1-4H3,(H,31,38)(H,34,39)(H2,32,33,35,36)/t24-/m0/s1. The van der Waals surface area contributed by atoms with E-state index in [1.54, 1.807) is 51.2 Å². The van der Waals surface area contributed by atoms with Gasteiger partial charge in [0.25, 0.3) is 0 Å². The number of ether oxygens (including phenoxy) is 1. The van der Waals surface area contributed by atoms with Crippen molar-refractivity contribution in [2.24, 2.45) is 0 Å². The Morgan fingerprint density at radius 1 is 1.15 bits per heavy atom. The van der Waals surface area contributed by atoms with Crippen molar-refractivity contribution in [3.8, 4) is 17.9 Å². The van der Waals surface area contributed by atoms with Gasteiger partial charge in [-0.15, -0.1) is 0 Å². The molecule has 0 radical (unpaired) electrons. The van der Waals surface area contributed by atoms with Gasteiger partial charge in [0.2, 0.25) is 11.9 Å². The van der Waals surface area contributed by atoms with Gasteiger partial charge < -0.3 is 31.1 Å². The molecule has 0 aliphatic heterocycles. The van der Waals surface area contributed by atoms with Crippen molar-refractivity contribution in [1.29, 1.82) is 5.26 Å². The lowest BCUT2D eigenvalue weighted by Crippen LogP contribution is -2.37. The summed E-state index contributed by atoms with van der Waals surface area (Å²) in [4.78, 5) is 32.6. The molecule has 0 saturated carbocycles. The van der Waals surface area contributed by atoms with Gasteiger partial charge in [-0.25, -0.2) is 9.78 Å². The molecule has 1 atom stereocenters. The molecule has 2 amide bonds. The number of aliphatic hydroxyl groups excluding tert-OH is 1. The largest absolute Gasteiger partial charge is 0.444 e. The Morgan fingerprint density at radius 2 is 1.90 bits per heavy atom. The molecule has 0 spiro atoms. The number of amides is 2. The van der Waals surface area contributed by atoms with Gasteiger partial charge in [-0.3, -0.25) is 4.79 Å². The maximum Gasteiger partial charge on any atom is 0.407 e. The van der Waals surface area contributed by atoms with Crippen molar-refractivity contribution < 1.29 is 19.4 Å². The number of aromatic nitrogens is 2. The summed E-state index contributed by atoms with van der Waals surface area (Å²) < 4.78 is 5.11. The minimum Gasteiger partial charge on any atom is -0.444 e. The highest BCUT2D eigenvalue weighted by atomic mass is 16.6. The highest BCUT2D eigenvalue weighted by molar-refractivity contribution is 5.75. The van der Waals surface area contributed by atoms with Crippen molar-refractivity contribution in [3.05, 3.63) is 41.6 Å². The predicted octanol–water partition coefficient (Wildman–Crippen LogP) is 3.83. The number of carbonyl (C=O) groups is 2. The number of nitriles is 1. The first-order valence-electron chi connectivity index (χ1n) is 13.4. The third-order valence-corrected chi connectivity index (χ3v) is 5.21. The van der Waals surface area contributed by atoms with Crippen LogP contribution in [0.3, 0.4) is 0 Å². The Hall–Kier alpha value is -4.35. The molecule has 0 unspecified atom stereocenters. The number of benzene rings is 1. The maximum atomic E-state index is 12.1. The van der Waals surface area contributed by atoms with Gasteiger partial charge in [-0.2, -0.15) is 10.2 Å². The molecule has 214 valence electrons. The average molecular weight is 550 g/mol. The van der Waals surface area contributed by atoms with E-state index in [2.05, 4.69) is 56.1 Å². The molecule has 1 aromatic heterocycles. The van der Waals surface area contributed by atoms with Gasteiger partial charge in [-0.05, 0) is 64.3 Å². The first-order chi connectivity index (χ1) is 19.1. The topological polar surface area (TPSA) is 161 Å². The summed E-state index contributed by atoms with van der Waals surface area (Å²) in [5.41, 5.74) is 1.41. The van der Waals surface area contributed by atoms with Crippen LogP contribution >= 0.6 is 0 Å². The van der Waals surface area contributed by atoms with Gasteiger partial charge in [0.15, 0.2) is 0 Å². The van der Waals surface area contributed by atoms with Gasteiger partial charge >= 0.3 is 6.09 Å². The number of carbonyl (C=O) groups excluding carboxylic acids is 2. The molecule has 0 fully saturated rings. The number of hydrogen-bond acceptors (Lipinski definition) is 9. The molecule has 2 rings (SSSR count). The van der Waals surface area contributed by atoms with Crippen LogP contribution in [0.2, 0.25) is 0 Å². The van der Waals surface area contributed by atoms with Gasteiger partial charge in [0, 0.05) is 38.2 Å². The van der Waals surface area contributed by atoms with E-state index < -0.39 is 17.8 Å². The van der Waals surface area contributed by atoms with Crippen molar-refractivity contribution in [1.82, 2.24) is 20.6 Å². The fraction of sp³-hybridized carbons (Fsp3) is 0.483. The highest BCUT2D eigenvalue weighted by Crippen LogP contribution is 2.18. The quantitative estimate of drug-likeness (QED) is 0.185. The predicted molar refractivity (Wildman–Crippen MR) is 154 cm³/mol. The molecular formula is C29H39N7O4. The molecular weight excluding hydrogens is 510 g/mol. The smallest absolute Gasteiger partial charge is 0.407 e. The zero-order valence-electron chi connectivity index (χ0n) is 23.6. The van der Waals surface area contributed by atoms with Crippen molar-refractivity contribution in [2.45, 2.75) is 71.5 Å². The number of rotatable bonds is 13. The summed E-state index contributed by atoms with van der Waals surface area (Å²) in [6.45, 7) is 8.54. The zero-order valence-corrected chi connectivity index (χ0v) is 23.6. The van der Waals surface area contributed by atoms with Crippen LogP contribution in [-0.2, 0) is 9.53 Å². The van der Waals surface area contributed by atoms with E-state index in [-0.39, 0.29) is 25.3 Å². The minimum absolute atomic E-state index is 0.0169. The Balaban J connectivity index is 1.75. The lowest BCUT2D eigenvalue weighted by atomic mass is 10.2. The minimum atomic E-state index is -0.840. The molecule has 11 nitrogen and oxygen atoms in total. The van der Waals surface area contributed by atoms with E-state index in [0.717, 1.165) is 18.7 Å². The van der Waals surface area contributed by atoms with Gasteiger partial charge in [0.1, 0.15) is 11.4 Å². The molecule has 11 heteroatoms. The Morgan fingerprint density at radius 3 is 2.58 bits per heavy atom. The van der Waals surface area contributed by atoms with Crippen LogP contribution in [0.25, 0.3) is 0 Å². The number of hydrogen-bond donors (Lipinski definition) is 5. The zero-order chi connectivity index (χ0) is 29.4. The molecule has 0 bridgehead atoms. The fourth-order valence-corrected chi connectivity index (χ4v) is 3.23. The van der Waals surface area contributed by atoms with E-state index in [1.165, 1.54) is 0 Å². The van der Waals surface area contributed by atoms with E-state index in [1.807, 2.05) is 0 Å². The lowest BCUT2D eigenvalue weighted by Gasteiger charge is -2.20. The molecule has 5 N–H and O–H groups in total. The summed E-state index contributed by atoms with van der Waals surface area (Å²) in [6.07, 6.45) is 2.75. The molecule has 1 aromatic carbocycles. The van der Waals surface area contributed by atoms with Gasteiger partial charge in [0.05, 0.1) is 29.5 Å². The number of anilines is 3. The first-order valence-corrected chi connectivity index (χ1v) is 13.4. The fourth-order valence-electron chi connectivity index (χ4n) is 3.23. The van der Waals surface area contributed by atoms with Crippen LogP contribution in [0.4, 0.5) is 22.2 Å². The van der Waals surface area contributed by atoms with Crippen LogP contribution in [-0.4, -0.2) is 58.4 Å². The van der Waals surface area contributed by atoms with Crippen molar-refractivity contribution in [2.75, 3.05) is 30.3 Å². The molecule has 1 heterocycles. The second-order valence-electron chi connectivity index (χ2n) is 10.0. The third kappa shape index (κ3) is 12.9. The van der Waals surface area contributed by atoms with Gasteiger partial charge in [-0.1, -0.05) is 18.8 Å². The molecule has 40 heavy (non-hydrogen) atoms. The number of unbranched alkanes of at least 4 members (excludes halogenated alkanes) is 1. The monoisotopic (exact) mass is 549 g/mol. The molecule has 0 aliphatic rings. The highest BCUT2D eigenvalue weighted by Gasteiger charge is 2.17. The van der Waals surface area contributed by atoms with Crippen LogP contribution < -0.4 is 21.3 Å². The summed E-state index contributed by atoms with van der Waals surface area (Å²) in [6, 6.07) is 9.11. The summed E-state index contributed by atoms with van der Waals surface area (Å²) in [5.74, 6) is 7.08. The lowest BCUT2D eigenvalue weighted by molar-refractivity contribution is -0.121. The number of nitrogens with zero attached hydrogens (tertiary/aromatic N) is 3. The molecule has 0 aliphatic carbocycles. The Kier molecular flexibility index (Phi) is 13.2. The first kappa shape index (κ1) is 31.9. The summed E-state index contributed by atoms with van der Waals surface area (Å²) in [7, 11) is 0. The van der Waals surface area contributed by atoms with Crippen LogP contribution in [0.5, 0.6) is 0 Å². The second kappa shape index (κ2) is 16.6. The van der Waals surface area contributed by atoms with E-state index in [0.29, 0.717) is 42.3 Å². The number of alkyl carbamates (subject to hydrolysis) is 1. The molecule has 2 aromatic rings. The summed E-state index contributed by atoms with van der Waals surface area (Å²) in [5, 5.41) is 30.6. The van der Waals surface area contributed by atoms with Crippen LogP contribution in [0, 0.1) is 23.2 Å². The normalized spacial score (nSPS) is 11.3. The number of aliphatic hydroxyl groups is 1. The van der Waals surface area contributed by atoms with E-state index >= 15 is 0 Å². The number of nitrogens with one attached hydrogen (secondary N) is 4. The van der Waals surface area contributed by atoms with E-state index in [9.17, 15) is 14.7 Å². The third-order valence-electron chi connectivity index (χ3n) is 5.21. The maximum absolute atomic E-state index is 12.1. The Labute approximate surface area is 236 Å². The van der Waals surface area contributed by atoms with E-state index in [4.69, 9.17) is 10.00 Å². The summed E-state index contributed by atoms with van der Waals surface area (Å²) >= 11 is 0. The molecule has 0 saturated heterocycles. The Bertz CT molecular complexity index is 1210. The average Bonchev–Trinajstić information content (AvgIpc) is 2.91. The van der Waals surface area contributed by atoms with Crippen molar-refractivity contribution in [3.63, 3.8) is 0 Å². The van der Waals surface area contributed by atoms with Crippen LogP contribution in [0.15, 0.2) is 30.5 Å².